The van der Waals surface area contributed by atoms with Crippen molar-refractivity contribution >= 4 is 39.6 Å². The van der Waals surface area contributed by atoms with E-state index < -0.39 is 0 Å². The highest BCUT2D eigenvalue weighted by molar-refractivity contribution is 6.89. The lowest BCUT2D eigenvalue weighted by Crippen LogP contribution is -2.56. The summed E-state index contributed by atoms with van der Waals surface area (Å²) in [4.78, 5) is 0. The standard InChI is InChI=1S/C41H31BN2/c1-22-20-28-23-14-10-16-27-34-38(25-13-7-9-18-30(25)40(34,2)3)44(36(23)27)42-31-19-11-15-26-33-24-12-6-8-17-29(24)41(4,5)39(33)43(37(26)31)32(21-22)35(28)42/h6-21H,1-5H3. The molecule has 4 heterocycles. The zero-order valence-corrected chi connectivity index (χ0v) is 25.7. The van der Waals surface area contributed by atoms with Gasteiger partial charge >= 0.3 is 6.85 Å². The quantitative estimate of drug-likeness (QED) is 0.164. The van der Waals surface area contributed by atoms with Gasteiger partial charge in [0.15, 0.2) is 0 Å². The van der Waals surface area contributed by atoms with Crippen molar-refractivity contribution < 1.29 is 0 Å². The van der Waals surface area contributed by atoms with Gasteiger partial charge in [0.1, 0.15) is 0 Å². The summed E-state index contributed by atoms with van der Waals surface area (Å²) in [7, 11) is 0. The van der Waals surface area contributed by atoms with Crippen LogP contribution in [0.3, 0.4) is 0 Å². The third-order valence-electron chi connectivity index (χ3n) is 11.6. The molecule has 208 valence electrons. The summed E-state index contributed by atoms with van der Waals surface area (Å²) in [6.07, 6.45) is 0. The highest BCUT2D eigenvalue weighted by atomic mass is 15.0. The predicted molar refractivity (Wildman–Crippen MR) is 184 cm³/mol. The van der Waals surface area contributed by atoms with Crippen LogP contribution in [0.4, 0.5) is 0 Å². The van der Waals surface area contributed by atoms with E-state index in [1.54, 1.807) is 0 Å². The van der Waals surface area contributed by atoms with Crippen molar-refractivity contribution in [2.75, 3.05) is 0 Å². The number of hydrogen-bond donors (Lipinski definition) is 0. The minimum absolute atomic E-state index is 0.0703. The number of para-hydroxylation sites is 2. The molecule has 0 saturated carbocycles. The average molecular weight is 563 g/mol. The van der Waals surface area contributed by atoms with Crippen LogP contribution in [0.5, 0.6) is 0 Å². The maximum atomic E-state index is 2.75. The first-order chi connectivity index (χ1) is 21.3. The number of nitrogens with zero attached hydrogens (tertiary/aromatic N) is 2. The maximum Gasteiger partial charge on any atom is 0.333 e. The van der Waals surface area contributed by atoms with Crippen LogP contribution < -0.4 is 10.9 Å². The largest absolute Gasteiger partial charge is 0.375 e. The van der Waals surface area contributed by atoms with Gasteiger partial charge in [0.2, 0.25) is 0 Å². The van der Waals surface area contributed by atoms with Crippen LogP contribution in [0.25, 0.3) is 61.0 Å². The molecule has 0 amide bonds. The monoisotopic (exact) mass is 562 g/mol. The second kappa shape index (κ2) is 7.13. The Balaban J connectivity index is 1.38. The van der Waals surface area contributed by atoms with Crippen molar-refractivity contribution in [1.29, 1.82) is 0 Å². The van der Waals surface area contributed by atoms with Gasteiger partial charge in [0.05, 0.1) is 5.52 Å². The van der Waals surface area contributed by atoms with Crippen LogP contribution in [0, 0.1) is 6.92 Å². The molecule has 0 unspecified atom stereocenters. The van der Waals surface area contributed by atoms with Gasteiger partial charge in [-0.25, -0.2) is 0 Å². The fourth-order valence-electron chi connectivity index (χ4n) is 10.1. The van der Waals surface area contributed by atoms with E-state index in [-0.39, 0.29) is 17.7 Å². The van der Waals surface area contributed by atoms with Crippen molar-refractivity contribution in [3.63, 3.8) is 0 Å². The van der Waals surface area contributed by atoms with E-state index in [4.69, 9.17) is 0 Å². The van der Waals surface area contributed by atoms with Crippen LogP contribution >= 0.6 is 0 Å². The van der Waals surface area contributed by atoms with Crippen LogP contribution in [-0.2, 0) is 10.8 Å². The van der Waals surface area contributed by atoms with Crippen molar-refractivity contribution in [2.24, 2.45) is 0 Å². The van der Waals surface area contributed by atoms with Crippen molar-refractivity contribution in [3.8, 4) is 39.2 Å². The van der Waals surface area contributed by atoms with Gasteiger partial charge in [-0.3, -0.25) is 0 Å². The Labute approximate surface area is 257 Å². The molecule has 2 aromatic heterocycles. The molecule has 0 N–H and O–H groups in total. The highest BCUT2D eigenvalue weighted by Crippen LogP contribution is 2.57. The first-order valence-electron chi connectivity index (χ1n) is 16.0. The van der Waals surface area contributed by atoms with E-state index in [0.29, 0.717) is 0 Å². The second-order valence-corrected chi connectivity index (χ2v) is 14.6. The summed E-state index contributed by atoms with van der Waals surface area (Å²) in [5.74, 6) is 0. The third kappa shape index (κ3) is 2.32. The third-order valence-corrected chi connectivity index (χ3v) is 11.6. The van der Waals surface area contributed by atoms with Gasteiger partial charge in [-0.1, -0.05) is 119 Å². The number of aromatic nitrogens is 2. The van der Waals surface area contributed by atoms with E-state index in [0.717, 1.165) is 0 Å². The summed E-state index contributed by atoms with van der Waals surface area (Å²) in [5, 5.41) is 2.78. The average Bonchev–Trinajstić information content (AvgIpc) is 3.70. The molecule has 2 aliphatic carbocycles. The minimum Gasteiger partial charge on any atom is -0.375 e. The molecule has 11 rings (SSSR count). The van der Waals surface area contributed by atoms with Crippen LogP contribution in [0.2, 0.25) is 0 Å². The normalized spacial score (nSPS) is 16.6. The molecule has 44 heavy (non-hydrogen) atoms. The van der Waals surface area contributed by atoms with E-state index in [2.05, 4.69) is 141 Å². The van der Waals surface area contributed by atoms with Crippen molar-refractivity contribution in [3.05, 3.63) is 125 Å². The zero-order valence-electron chi connectivity index (χ0n) is 25.7. The SMILES string of the molecule is Cc1cc2c3c(c1)-n1c4c(c5cccc(c51)B3n1c3c(c5cccc-2c51)C(C)(C)c1ccccc1-3)-c1ccccc1C4(C)C. The molecule has 5 aromatic carbocycles. The first kappa shape index (κ1) is 23.7. The van der Waals surface area contributed by atoms with Gasteiger partial charge < -0.3 is 9.05 Å². The Morgan fingerprint density at radius 3 is 2.11 bits per heavy atom. The maximum absolute atomic E-state index is 2.75. The predicted octanol–water partition coefficient (Wildman–Crippen LogP) is 8.45. The summed E-state index contributed by atoms with van der Waals surface area (Å²) in [5.41, 5.74) is 22.3. The molecule has 0 radical (unpaired) electrons. The number of fused-ring (bicyclic) bond motifs is 14. The van der Waals surface area contributed by atoms with Crippen LogP contribution in [-0.4, -0.2) is 15.9 Å². The molecular formula is C41H31BN2. The highest BCUT2D eigenvalue weighted by Gasteiger charge is 2.49. The number of hydrogen-bond acceptors (Lipinski definition) is 0. The summed E-state index contributed by atoms with van der Waals surface area (Å²) >= 11 is 0. The molecule has 3 heteroatoms. The molecule has 0 spiro atoms. The Hall–Kier alpha value is -4.76. The van der Waals surface area contributed by atoms with E-state index in [1.807, 2.05) is 0 Å². The topological polar surface area (TPSA) is 9.86 Å². The number of rotatable bonds is 0. The molecule has 0 bridgehead atoms. The van der Waals surface area contributed by atoms with Gasteiger partial charge in [-0.05, 0) is 57.3 Å². The Kier molecular flexibility index (Phi) is 3.84. The zero-order chi connectivity index (χ0) is 29.4. The molecule has 4 aliphatic rings. The number of benzene rings is 5. The van der Waals surface area contributed by atoms with Crippen LogP contribution in [0.15, 0.2) is 97.1 Å². The van der Waals surface area contributed by atoms with E-state index >= 15 is 0 Å². The Morgan fingerprint density at radius 1 is 0.614 bits per heavy atom. The van der Waals surface area contributed by atoms with Crippen molar-refractivity contribution in [1.82, 2.24) is 9.05 Å². The Bertz CT molecular complexity index is 2520. The lowest BCUT2D eigenvalue weighted by molar-refractivity contribution is 0.624. The number of aryl methyl sites for hydroxylation is 1. The molecule has 2 aliphatic heterocycles. The summed E-state index contributed by atoms with van der Waals surface area (Å²) < 4.78 is 5.43. The van der Waals surface area contributed by atoms with Crippen LogP contribution in [0.1, 0.15) is 55.6 Å². The molecule has 2 nitrogen and oxygen atoms in total. The van der Waals surface area contributed by atoms with Gasteiger partial charge in [0.25, 0.3) is 0 Å². The summed E-state index contributed by atoms with van der Waals surface area (Å²) in [6.45, 7) is 12.1. The molecular weight excluding hydrogens is 531 g/mol. The minimum atomic E-state index is -0.108. The molecule has 0 atom stereocenters. The van der Waals surface area contributed by atoms with Gasteiger partial charge in [-0.15, -0.1) is 0 Å². The van der Waals surface area contributed by atoms with Crippen molar-refractivity contribution in [2.45, 2.75) is 45.4 Å². The lowest BCUT2D eigenvalue weighted by atomic mass is 9.45. The fourth-order valence-corrected chi connectivity index (χ4v) is 10.1. The molecule has 0 saturated heterocycles. The Morgan fingerprint density at radius 2 is 1.30 bits per heavy atom. The van der Waals surface area contributed by atoms with Gasteiger partial charge in [0, 0.05) is 60.9 Å². The molecule has 0 fully saturated rings. The first-order valence-corrected chi connectivity index (χ1v) is 16.0. The second-order valence-electron chi connectivity index (χ2n) is 14.6. The smallest absolute Gasteiger partial charge is 0.333 e. The lowest BCUT2D eigenvalue weighted by Gasteiger charge is -2.36. The fraction of sp³-hybridized carbons (Fsp3) is 0.171. The van der Waals surface area contributed by atoms with E-state index in [9.17, 15) is 0 Å². The van der Waals surface area contributed by atoms with Gasteiger partial charge in [-0.2, -0.15) is 0 Å². The summed E-state index contributed by atoms with van der Waals surface area (Å²) in [6, 6.07) is 37.3. The molecule has 7 aromatic rings. The van der Waals surface area contributed by atoms with E-state index in [1.165, 1.54) is 99.9 Å².